The Hall–Kier alpha value is -1.98. The lowest BCUT2D eigenvalue weighted by molar-refractivity contribution is 0.0497. The molecule has 0 aliphatic heterocycles. The topological polar surface area (TPSA) is 80.6 Å². The number of ether oxygens (including phenoxy) is 1. The Labute approximate surface area is 144 Å². The molecule has 0 aliphatic carbocycles. The molecule has 1 aromatic heterocycles. The summed E-state index contributed by atoms with van der Waals surface area (Å²) in [6.07, 6.45) is -0.501. The van der Waals surface area contributed by atoms with Gasteiger partial charge in [-0.1, -0.05) is 13.8 Å². The highest BCUT2D eigenvalue weighted by Gasteiger charge is 2.32. The average molecular weight is 338 g/mol. The largest absolute Gasteiger partial charge is 0.466 e. The Bertz CT molecular complexity index is 599. The first kappa shape index (κ1) is 20.1. The summed E-state index contributed by atoms with van der Waals surface area (Å²) in [4.78, 5) is 24.4. The van der Waals surface area contributed by atoms with E-state index in [1.807, 2.05) is 20.8 Å². The maximum atomic E-state index is 12.6. The van der Waals surface area contributed by atoms with E-state index in [2.05, 4.69) is 10.6 Å². The third kappa shape index (κ3) is 5.58. The molecule has 1 heterocycles. The molecule has 1 aromatic rings. The van der Waals surface area contributed by atoms with Crippen LogP contribution in [0.1, 0.15) is 63.4 Å². The number of carbonyl (C=O) groups is 2. The fourth-order valence-corrected chi connectivity index (χ4v) is 2.15. The first-order valence-electron chi connectivity index (χ1n) is 8.20. The molecule has 0 aromatic carbocycles. The van der Waals surface area contributed by atoms with Gasteiger partial charge in [-0.05, 0) is 53.5 Å². The van der Waals surface area contributed by atoms with Gasteiger partial charge in [0.15, 0.2) is 0 Å². The summed E-state index contributed by atoms with van der Waals surface area (Å²) in [6.45, 7) is 15.1. The van der Waals surface area contributed by atoms with Crippen LogP contribution in [0.5, 0.6) is 0 Å². The Morgan fingerprint density at radius 3 is 2.21 bits per heavy atom. The molecule has 6 heteroatoms. The van der Waals surface area contributed by atoms with Crippen molar-refractivity contribution in [2.24, 2.45) is 5.92 Å². The van der Waals surface area contributed by atoms with Crippen LogP contribution in [0.25, 0.3) is 0 Å². The smallest absolute Gasteiger partial charge is 0.407 e. The van der Waals surface area contributed by atoms with Crippen molar-refractivity contribution in [3.8, 4) is 0 Å². The van der Waals surface area contributed by atoms with Crippen molar-refractivity contribution in [1.29, 1.82) is 0 Å². The Balaban J connectivity index is 2.79. The average Bonchev–Trinajstić information content (AvgIpc) is 2.73. The minimum Gasteiger partial charge on any atom is -0.466 e. The summed E-state index contributed by atoms with van der Waals surface area (Å²) >= 11 is 0. The van der Waals surface area contributed by atoms with E-state index in [4.69, 9.17) is 9.15 Å². The second-order valence-electron chi connectivity index (χ2n) is 7.71. The van der Waals surface area contributed by atoms with Crippen molar-refractivity contribution in [1.82, 2.24) is 10.6 Å². The lowest BCUT2D eigenvalue weighted by Gasteiger charge is -2.35. The van der Waals surface area contributed by atoms with E-state index in [0.29, 0.717) is 17.1 Å². The van der Waals surface area contributed by atoms with Crippen molar-refractivity contribution >= 4 is 12.0 Å². The zero-order valence-corrected chi connectivity index (χ0v) is 16.0. The standard InChI is InChI=1S/C18H30N2O4/c1-11(2)18(8,10-19-16(22)24-17(5,6)7)20-15(21)14-9-12(3)23-13(14)4/h9,11H,10H2,1-8H3,(H,19,22)(H,20,21). The normalized spacial score (nSPS) is 14.2. The Morgan fingerprint density at radius 2 is 1.79 bits per heavy atom. The van der Waals surface area contributed by atoms with Crippen molar-refractivity contribution in [2.75, 3.05) is 6.54 Å². The van der Waals surface area contributed by atoms with Crippen LogP contribution in [0.15, 0.2) is 10.5 Å². The maximum absolute atomic E-state index is 12.6. The van der Waals surface area contributed by atoms with Gasteiger partial charge in [-0.15, -0.1) is 0 Å². The van der Waals surface area contributed by atoms with Crippen LogP contribution in [0.4, 0.5) is 4.79 Å². The molecule has 1 rings (SSSR count). The molecular formula is C18H30N2O4. The number of hydrogen-bond donors (Lipinski definition) is 2. The molecular weight excluding hydrogens is 308 g/mol. The van der Waals surface area contributed by atoms with Crippen LogP contribution in [0, 0.1) is 19.8 Å². The third-order valence-corrected chi connectivity index (χ3v) is 3.96. The first-order chi connectivity index (χ1) is 10.8. The molecule has 0 bridgehead atoms. The molecule has 2 amide bonds. The monoisotopic (exact) mass is 338 g/mol. The van der Waals surface area contributed by atoms with E-state index in [9.17, 15) is 9.59 Å². The summed E-state index contributed by atoms with van der Waals surface area (Å²) in [6, 6.07) is 1.71. The Morgan fingerprint density at radius 1 is 1.21 bits per heavy atom. The van der Waals surface area contributed by atoms with E-state index in [0.717, 1.165) is 0 Å². The minimum atomic E-state index is -0.619. The molecule has 0 radical (unpaired) electrons. The van der Waals surface area contributed by atoms with Crippen molar-refractivity contribution in [2.45, 2.75) is 66.5 Å². The fraction of sp³-hybridized carbons (Fsp3) is 0.667. The number of rotatable bonds is 5. The first-order valence-corrected chi connectivity index (χ1v) is 8.20. The summed E-state index contributed by atoms with van der Waals surface area (Å²) in [5.41, 5.74) is -0.671. The van der Waals surface area contributed by atoms with Crippen LogP contribution in [0.3, 0.4) is 0 Å². The summed E-state index contributed by atoms with van der Waals surface area (Å²) in [7, 11) is 0. The summed E-state index contributed by atoms with van der Waals surface area (Å²) < 4.78 is 10.7. The SMILES string of the molecule is Cc1cc(C(=O)NC(C)(CNC(=O)OC(C)(C)C)C(C)C)c(C)o1. The molecule has 1 atom stereocenters. The molecule has 0 fully saturated rings. The molecule has 1 unspecified atom stereocenters. The van der Waals surface area contributed by atoms with E-state index in [1.165, 1.54) is 0 Å². The molecule has 0 saturated heterocycles. The van der Waals surface area contributed by atoms with Crippen LogP contribution >= 0.6 is 0 Å². The predicted octanol–water partition coefficient (Wildman–Crippen LogP) is 3.57. The lowest BCUT2D eigenvalue weighted by Crippen LogP contribution is -2.57. The zero-order chi connectivity index (χ0) is 18.7. The van der Waals surface area contributed by atoms with Gasteiger partial charge in [-0.25, -0.2) is 4.79 Å². The molecule has 6 nitrogen and oxygen atoms in total. The molecule has 0 aliphatic rings. The molecule has 2 N–H and O–H groups in total. The highest BCUT2D eigenvalue weighted by molar-refractivity contribution is 5.95. The van der Waals surface area contributed by atoms with Gasteiger partial charge >= 0.3 is 6.09 Å². The summed E-state index contributed by atoms with van der Waals surface area (Å²) in [5.74, 6) is 1.16. The van der Waals surface area contributed by atoms with Gasteiger partial charge in [0.05, 0.1) is 11.1 Å². The van der Waals surface area contributed by atoms with E-state index in [1.54, 1.807) is 40.7 Å². The number of hydrogen-bond acceptors (Lipinski definition) is 4. The van der Waals surface area contributed by atoms with Crippen LogP contribution < -0.4 is 10.6 Å². The quantitative estimate of drug-likeness (QED) is 0.860. The Kier molecular flexibility index (Phi) is 6.09. The second kappa shape index (κ2) is 7.28. The number of furan rings is 1. The van der Waals surface area contributed by atoms with Crippen molar-refractivity contribution in [3.63, 3.8) is 0 Å². The maximum Gasteiger partial charge on any atom is 0.407 e. The number of amides is 2. The molecule has 0 saturated carbocycles. The van der Waals surface area contributed by atoms with E-state index < -0.39 is 17.2 Å². The van der Waals surface area contributed by atoms with Crippen LogP contribution in [-0.2, 0) is 4.74 Å². The number of aryl methyl sites for hydroxylation is 2. The molecule has 24 heavy (non-hydrogen) atoms. The van der Waals surface area contributed by atoms with Crippen LogP contribution in [0.2, 0.25) is 0 Å². The van der Waals surface area contributed by atoms with Crippen LogP contribution in [-0.4, -0.2) is 29.7 Å². The lowest BCUT2D eigenvalue weighted by atomic mass is 9.88. The van der Waals surface area contributed by atoms with E-state index in [-0.39, 0.29) is 18.4 Å². The van der Waals surface area contributed by atoms with E-state index >= 15 is 0 Å². The number of alkyl carbamates (subject to hydrolysis) is 1. The number of nitrogens with one attached hydrogen (secondary N) is 2. The van der Waals surface area contributed by atoms with Gasteiger partial charge in [0.2, 0.25) is 0 Å². The van der Waals surface area contributed by atoms with Crippen molar-refractivity contribution in [3.05, 3.63) is 23.2 Å². The van der Waals surface area contributed by atoms with Gasteiger partial charge in [0.25, 0.3) is 5.91 Å². The van der Waals surface area contributed by atoms with Crippen molar-refractivity contribution < 1.29 is 18.7 Å². The van der Waals surface area contributed by atoms with Gasteiger partial charge in [-0.3, -0.25) is 4.79 Å². The zero-order valence-electron chi connectivity index (χ0n) is 16.0. The van der Waals surface area contributed by atoms with Gasteiger partial charge in [-0.2, -0.15) is 0 Å². The molecule has 136 valence electrons. The van der Waals surface area contributed by atoms with Gasteiger partial charge < -0.3 is 19.8 Å². The van der Waals surface area contributed by atoms with Gasteiger partial charge in [0.1, 0.15) is 17.1 Å². The number of carbonyl (C=O) groups excluding carboxylic acids is 2. The predicted molar refractivity (Wildman–Crippen MR) is 93.1 cm³/mol. The third-order valence-electron chi connectivity index (χ3n) is 3.96. The fourth-order valence-electron chi connectivity index (χ4n) is 2.15. The molecule has 0 spiro atoms. The minimum absolute atomic E-state index is 0.102. The van der Waals surface area contributed by atoms with Gasteiger partial charge in [0, 0.05) is 6.54 Å². The second-order valence-corrected chi connectivity index (χ2v) is 7.71. The highest BCUT2D eigenvalue weighted by atomic mass is 16.6. The highest BCUT2D eigenvalue weighted by Crippen LogP contribution is 2.19. The summed E-state index contributed by atoms with van der Waals surface area (Å²) in [5, 5.41) is 5.75.